The summed E-state index contributed by atoms with van der Waals surface area (Å²) in [5.74, 6) is 1.12. The van der Waals surface area contributed by atoms with Crippen molar-refractivity contribution in [3.05, 3.63) is 35.9 Å². The van der Waals surface area contributed by atoms with E-state index in [1.807, 2.05) is 23.1 Å². The molecule has 0 bridgehead atoms. The van der Waals surface area contributed by atoms with Gasteiger partial charge < -0.3 is 10.6 Å². The summed E-state index contributed by atoms with van der Waals surface area (Å²) in [7, 11) is 0. The number of hydrogen-bond donors (Lipinski definition) is 1. The normalized spacial score (nSPS) is 18.8. The van der Waals surface area contributed by atoms with Crippen LogP contribution >= 0.6 is 0 Å². The van der Waals surface area contributed by atoms with Crippen molar-refractivity contribution < 1.29 is 4.79 Å². The van der Waals surface area contributed by atoms with E-state index in [4.69, 9.17) is 5.73 Å². The van der Waals surface area contributed by atoms with Gasteiger partial charge in [-0.05, 0) is 18.0 Å². The standard InChI is InChI=1S/C16H24N2O/c1-3-12(2)15(14-7-5-4-6-8-14)16(19)18-10-13(9-17)11-18/h4-8,12-13,15H,3,9-11,17H2,1-2H3. The SMILES string of the molecule is CCC(C)C(C(=O)N1CC(CN)C1)c1ccccc1. The molecule has 2 N–H and O–H groups in total. The van der Waals surface area contributed by atoms with Gasteiger partial charge in [-0.15, -0.1) is 0 Å². The first kappa shape index (κ1) is 14.1. The van der Waals surface area contributed by atoms with Crippen molar-refractivity contribution in [3.63, 3.8) is 0 Å². The van der Waals surface area contributed by atoms with Crippen molar-refractivity contribution >= 4 is 5.91 Å². The summed E-state index contributed by atoms with van der Waals surface area (Å²) in [6, 6.07) is 10.1. The zero-order chi connectivity index (χ0) is 13.8. The third-order valence-electron chi connectivity index (χ3n) is 4.24. The zero-order valence-electron chi connectivity index (χ0n) is 11.9. The van der Waals surface area contributed by atoms with Gasteiger partial charge in [-0.3, -0.25) is 4.79 Å². The lowest BCUT2D eigenvalue weighted by molar-refractivity contribution is -0.140. The van der Waals surface area contributed by atoms with Crippen LogP contribution in [-0.2, 0) is 4.79 Å². The van der Waals surface area contributed by atoms with E-state index in [1.165, 1.54) is 0 Å². The van der Waals surface area contributed by atoms with Crippen LogP contribution in [0.3, 0.4) is 0 Å². The molecule has 1 fully saturated rings. The molecule has 2 atom stereocenters. The van der Waals surface area contributed by atoms with Crippen LogP contribution < -0.4 is 5.73 Å². The highest BCUT2D eigenvalue weighted by molar-refractivity contribution is 5.84. The van der Waals surface area contributed by atoms with Gasteiger partial charge in [-0.1, -0.05) is 50.6 Å². The first-order chi connectivity index (χ1) is 9.17. The number of nitrogens with zero attached hydrogens (tertiary/aromatic N) is 1. The Morgan fingerprint density at radius 1 is 1.37 bits per heavy atom. The Bertz CT molecular complexity index is 412. The van der Waals surface area contributed by atoms with Crippen molar-refractivity contribution in [2.75, 3.05) is 19.6 Å². The maximum Gasteiger partial charge on any atom is 0.230 e. The zero-order valence-corrected chi connectivity index (χ0v) is 11.9. The Morgan fingerprint density at radius 2 is 2.00 bits per heavy atom. The van der Waals surface area contributed by atoms with E-state index in [9.17, 15) is 4.79 Å². The van der Waals surface area contributed by atoms with Crippen molar-refractivity contribution in [3.8, 4) is 0 Å². The summed E-state index contributed by atoms with van der Waals surface area (Å²) in [6.45, 7) is 6.65. The lowest BCUT2D eigenvalue weighted by atomic mass is 9.83. The minimum Gasteiger partial charge on any atom is -0.341 e. The minimum atomic E-state index is -0.00933. The highest BCUT2D eigenvalue weighted by atomic mass is 16.2. The quantitative estimate of drug-likeness (QED) is 0.882. The van der Waals surface area contributed by atoms with Gasteiger partial charge in [0.2, 0.25) is 5.91 Å². The molecule has 1 aliphatic rings. The van der Waals surface area contributed by atoms with Crippen LogP contribution in [0.15, 0.2) is 30.3 Å². The average molecular weight is 260 g/mol. The van der Waals surface area contributed by atoms with E-state index in [-0.39, 0.29) is 11.8 Å². The predicted octanol–water partition coefficient (Wildman–Crippen LogP) is 2.23. The number of carbonyl (C=O) groups excluding carboxylic acids is 1. The van der Waals surface area contributed by atoms with Gasteiger partial charge in [-0.2, -0.15) is 0 Å². The smallest absolute Gasteiger partial charge is 0.230 e. The first-order valence-corrected chi connectivity index (χ1v) is 7.21. The van der Waals surface area contributed by atoms with Gasteiger partial charge in [-0.25, -0.2) is 0 Å². The molecule has 0 spiro atoms. The first-order valence-electron chi connectivity index (χ1n) is 7.21. The van der Waals surface area contributed by atoms with Crippen LogP contribution in [0.5, 0.6) is 0 Å². The maximum absolute atomic E-state index is 12.7. The Balaban J connectivity index is 2.13. The van der Waals surface area contributed by atoms with E-state index in [2.05, 4.69) is 26.0 Å². The molecule has 3 nitrogen and oxygen atoms in total. The fourth-order valence-corrected chi connectivity index (χ4v) is 2.71. The minimum absolute atomic E-state index is 0.00933. The summed E-state index contributed by atoms with van der Waals surface area (Å²) in [5, 5.41) is 0. The molecule has 2 rings (SSSR count). The second-order valence-electron chi connectivity index (χ2n) is 5.62. The van der Waals surface area contributed by atoms with Crippen LogP contribution in [0.1, 0.15) is 31.7 Å². The molecule has 2 unspecified atom stereocenters. The molecule has 0 radical (unpaired) electrons. The van der Waals surface area contributed by atoms with Crippen molar-refractivity contribution in [2.24, 2.45) is 17.6 Å². The molecule has 1 aromatic carbocycles. The topological polar surface area (TPSA) is 46.3 Å². The lowest BCUT2D eigenvalue weighted by Crippen LogP contribution is -2.54. The average Bonchev–Trinajstić information content (AvgIpc) is 2.39. The van der Waals surface area contributed by atoms with Crippen molar-refractivity contribution in [1.29, 1.82) is 0 Å². The number of hydrogen-bond acceptors (Lipinski definition) is 2. The number of benzene rings is 1. The lowest BCUT2D eigenvalue weighted by Gasteiger charge is -2.41. The summed E-state index contributed by atoms with van der Waals surface area (Å²) >= 11 is 0. The molecular weight excluding hydrogens is 236 g/mol. The Morgan fingerprint density at radius 3 is 2.53 bits per heavy atom. The van der Waals surface area contributed by atoms with Gasteiger partial charge in [0.15, 0.2) is 0 Å². The van der Waals surface area contributed by atoms with Crippen molar-refractivity contribution in [2.45, 2.75) is 26.2 Å². The fourth-order valence-electron chi connectivity index (χ4n) is 2.71. The van der Waals surface area contributed by atoms with E-state index in [0.29, 0.717) is 18.4 Å². The molecule has 19 heavy (non-hydrogen) atoms. The predicted molar refractivity (Wildman–Crippen MR) is 77.8 cm³/mol. The van der Waals surface area contributed by atoms with E-state index >= 15 is 0 Å². The summed E-state index contributed by atoms with van der Waals surface area (Å²) in [4.78, 5) is 14.6. The van der Waals surface area contributed by atoms with Crippen molar-refractivity contribution in [1.82, 2.24) is 4.90 Å². The summed E-state index contributed by atoms with van der Waals surface area (Å²) in [6.07, 6.45) is 1.01. The molecule has 1 saturated heterocycles. The molecule has 1 amide bonds. The van der Waals surface area contributed by atoms with Crippen LogP contribution in [0, 0.1) is 11.8 Å². The number of carbonyl (C=O) groups is 1. The molecule has 1 aliphatic heterocycles. The molecule has 0 aromatic heterocycles. The van der Waals surface area contributed by atoms with Gasteiger partial charge in [0.05, 0.1) is 5.92 Å². The van der Waals surface area contributed by atoms with Crippen LogP contribution in [0.25, 0.3) is 0 Å². The number of nitrogens with two attached hydrogens (primary N) is 1. The Kier molecular flexibility index (Phi) is 4.59. The van der Waals surface area contributed by atoms with E-state index in [1.54, 1.807) is 0 Å². The maximum atomic E-state index is 12.7. The van der Waals surface area contributed by atoms with Gasteiger partial charge >= 0.3 is 0 Å². The highest BCUT2D eigenvalue weighted by Gasteiger charge is 2.36. The number of amides is 1. The molecule has 104 valence electrons. The Hall–Kier alpha value is -1.35. The highest BCUT2D eigenvalue weighted by Crippen LogP contribution is 2.31. The van der Waals surface area contributed by atoms with Crippen LogP contribution in [0.4, 0.5) is 0 Å². The van der Waals surface area contributed by atoms with Gasteiger partial charge in [0.25, 0.3) is 0 Å². The summed E-state index contributed by atoms with van der Waals surface area (Å²) < 4.78 is 0. The molecule has 3 heteroatoms. The van der Waals surface area contributed by atoms with Gasteiger partial charge in [0, 0.05) is 19.0 Å². The molecule has 0 aliphatic carbocycles. The third-order valence-corrected chi connectivity index (χ3v) is 4.24. The van der Waals surface area contributed by atoms with Crippen LogP contribution in [-0.4, -0.2) is 30.4 Å². The largest absolute Gasteiger partial charge is 0.341 e. The van der Waals surface area contributed by atoms with E-state index < -0.39 is 0 Å². The van der Waals surface area contributed by atoms with E-state index in [0.717, 1.165) is 25.1 Å². The Labute approximate surface area is 115 Å². The molecule has 1 heterocycles. The third kappa shape index (κ3) is 2.98. The molecule has 0 saturated carbocycles. The van der Waals surface area contributed by atoms with Crippen LogP contribution in [0.2, 0.25) is 0 Å². The fraction of sp³-hybridized carbons (Fsp3) is 0.562. The second-order valence-corrected chi connectivity index (χ2v) is 5.62. The summed E-state index contributed by atoms with van der Waals surface area (Å²) in [5.41, 5.74) is 6.77. The number of likely N-dealkylation sites (tertiary alicyclic amines) is 1. The molecule has 1 aromatic rings. The molecular formula is C16H24N2O. The second kappa shape index (κ2) is 6.20. The monoisotopic (exact) mass is 260 g/mol. The number of rotatable bonds is 5. The van der Waals surface area contributed by atoms with Gasteiger partial charge in [0.1, 0.15) is 0 Å².